The molecule has 1 aromatic rings. The lowest BCUT2D eigenvalue weighted by Gasteiger charge is -2.36. The molecule has 0 N–H and O–H groups in total. The van der Waals surface area contributed by atoms with Crippen molar-refractivity contribution in [3.63, 3.8) is 0 Å². The first kappa shape index (κ1) is 24.8. The minimum Gasteiger partial charge on any atom is -0.406 e. The van der Waals surface area contributed by atoms with Crippen molar-refractivity contribution in [2.45, 2.75) is 75.1 Å². The molecule has 1 heterocycles. The van der Waals surface area contributed by atoms with Crippen LogP contribution in [0.3, 0.4) is 0 Å². The average Bonchev–Trinajstić information content (AvgIpc) is 2.71. The predicted octanol–water partition coefficient (Wildman–Crippen LogP) is 4.56. The van der Waals surface area contributed by atoms with E-state index in [2.05, 4.69) is 4.74 Å². The molecule has 0 aromatic heterocycles. The van der Waals surface area contributed by atoms with Crippen molar-refractivity contribution < 1.29 is 31.1 Å². The smallest absolute Gasteiger partial charge is 0.406 e. The molecule has 1 aliphatic carbocycles. The van der Waals surface area contributed by atoms with Gasteiger partial charge in [0.15, 0.2) is 0 Å². The minimum atomic E-state index is -4.90. The molecule has 1 saturated carbocycles. The summed E-state index contributed by atoms with van der Waals surface area (Å²) in [4.78, 5) is 14.6. The maximum atomic E-state index is 13.0. The maximum absolute atomic E-state index is 13.0. The first-order valence-corrected chi connectivity index (χ1v) is 12.6. The molecule has 2 fully saturated rings. The molecule has 1 amide bonds. The highest BCUT2D eigenvalue weighted by atomic mass is 32.2. The lowest BCUT2D eigenvalue weighted by atomic mass is 9.92. The minimum absolute atomic E-state index is 0.0631. The number of hydrogen-bond donors (Lipinski definition) is 0. The second kappa shape index (κ2) is 10.4. The van der Waals surface area contributed by atoms with Gasteiger partial charge in [-0.1, -0.05) is 38.2 Å². The van der Waals surface area contributed by atoms with Gasteiger partial charge in [0.2, 0.25) is 15.9 Å². The summed E-state index contributed by atoms with van der Waals surface area (Å²) in [5.41, 5.74) is 0. The van der Waals surface area contributed by atoms with E-state index in [1.165, 1.54) is 35.7 Å². The molecule has 6 nitrogen and oxygen atoms in total. The number of halogens is 3. The van der Waals surface area contributed by atoms with Crippen LogP contribution in [0.15, 0.2) is 29.2 Å². The zero-order valence-electron chi connectivity index (χ0n) is 18.3. The topological polar surface area (TPSA) is 66.9 Å². The maximum Gasteiger partial charge on any atom is 0.573 e. The van der Waals surface area contributed by atoms with E-state index >= 15 is 0 Å². The van der Waals surface area contributed by atoms with Crippen LogP contribution in [0.2, 0.25) is 0 Å². The third-order valence-corrected chi connectivity index (χ3v) is 8.34. The third kappa shape index (κ3) is 6.37. The number of hydrogen-bond acceptors (Lipinski definition) is 4. The van der Waals surface area contributed by atoms with Crippen LogP contribution in [0.4, 0.5) is 13.2 Å². The Morgan fingerprint density at radius 2 is 1.62 bits per heavy atom. The Kier molecular flexibility index (Phi) is 8.08. The van der Waals surface area contributed by atoms with Gasteiger partial charge in [-0.15, -0.1) is 13.2 Å². The highest BCUT2D eigenvalue weighted by Gasteiger charge is 2.35. The van der Waals surface area contributed by atoms with Crippen LogP contribution in [0.25, 0.3) is 0 Å². The number of amides is 1. The van der Waals surface area contributed by atoms with E-state index in [1.54, 1.807) is 0 Å². The second-order valence-corrected chi connectivity index (χ2v) is 10.6. The first-order chi connectivity index (χ1) is 15.1. The number of nitrogens with zero attached hydrogens (tertiary/aromatic N) is 2. The Balaban J connectivity index is 1.60. The van der Waals surface area contributed by atoms with Crippen molar-refractivity contribution >= 4 is 15.9 Å². The zero-order chi connectivity index (χ0) is 23.4. The standard InChI is InChI=1S/C22H31F3N2O4S/c1-26(18-8-5-3-2-4-6-9-18)21(28)17-12-14-27(15-13-17)32(29,30)20-11-7-10-19(16-20)31-22(23,24)25/h7,10-11,16-18H,2-6,8-9,12-15H2,1H3. The summed E-state index contributed by atoms with van der Waals surface area (Å²) in [6.07, 6.45) is 3.80. The van der Waals surface area contributed by atoms with E-state index < -0.39 is 22.1 Å². The van der Waals surface area contributed by atoms with Crippen LogP contribution in [-0.2, 0) is 14.8 Å². The molecule has 0 atom stereocenters. The Bertz CT molecular complexity index is 875. The van der Waals surface area contributed by atoms with Crippen LogP contribution < -0.4 is 4.74 Å². The number of benzene rings is 1. The first-order valence-electron chi connectivity index (χ1n) is 11.2. The van der Waals surface area contributed by atoms with Crippen molar-refractivity contribution in [3.8, 4) is 5.75 Å². The number of piperidine rings is 1. The number of alkyl halides is 3. The van der Waals surface area contributed by atoms with Gasteiger partial charge in [0.1, 0.15) is 5.75 Å². The Morgan fingerprint density at radius 3 is 2.22 bits per heavy atom. The largest absolute Gasteiger partial charge is 0.573 e. The molecular formula is C22H31F3N2O4S. The number of ether oxygens (including phenoxy) is 1. The molecule has 2 aliphatic rings. The molecule has 32 heavy (non-hydrogen) atoms. The van der Waals surface area contributed by atoms with E-state index in [9.17, 15) is 26.4 Å². The number of carbonyl (C=O) groups is 1. The molecule has 10 heteroatoms. The summed E-state index contributed by atoms with van der Waals surface area (Å²) in [5.74, 6) is -0.755. The predicted molar refractivity (Wildman–Crippen MR) is 113 cm³/mol. The van der Waals surface area contributed by atoms with Gasteiger partial charge in [0.05, 0.1) is 4.90 Å². The number of sulfonamides is 1. The Morgan fingerprint density at radius 1 is 1.03 bits per heavy atom. The van der Waals surface area contributed by atoms with Crippen molar-refractivity contribution in [2.24, 2.45) is 5.92 Å². The van der Waals surface area contributed by atoms with Crippen LogP contribution in [0.5, 0.6) is 5.75 Å². The summed E-state index contributed by atoms with van der Waals surface area (Å²) < 4.78 is 68.3. The van der Waals surface area contributed by atoms with Gasteiger partial charge in [-0.2, -0.15) is 4.31 Å². The van der Waals surface area contributed by atoms with Crippen LogP contribution in [0.1, 0.15) is 57.8 Å². The summed E-state index contributed by atoms with van der Waals surface area (Å²) in [5, 5.41) is 0. The fourth-order valence-corrected chi connectivity index (χ4v) is 6.12. The van der Waals surface area contributed by atoms with Gasteiger partial charge in [-0.3, -0.25) is 4.79 Å². The van der Waals surface area contributed by atoms with Crippen LogP contribution in [-0.4, -0.2) is 56.1 Å². The summed E-state index contributed by atoms with van der Waals surface area (Å²) in [7, 11) is -2.13. The summed E-state index contributed by atoms with van der Waals surface area (Å²) in [6.45, 7) is 0.309. The van der Waals surface area contributed by atoms with E-state index in [4.69, 9.17) is 0 Å². The Labute approximate surface area is 187 Å². The van der Waals surface area contributed by atoms with Crippen LogP contribution in [0, 0.1) is 5.92 Å². The normalized spacial score (nSPS) is 20.4. The molecule has 1 aromatic carbocycles. The van der Waals surface area contributed by atoms with Gasteiger partial charge >= 0.3 is 6.36 Å². The second-order valence-electron chi connectivity index (χ2n) is 8.65. The molecule has 0 unspecified atom stereocenters. The van der Waals surface area contributed by atoms with Gasteiger partial charge in [-0.25, -0.2) is 8.42 Å². The fraction of sp³-hybridized carbons (Fsp3) is 0.682. The SMILES string of the molecule is CN(C(=O)C1CCN(S(=O)(=O)c2cccc(OC(F)(F)F)c2)CC1)C1CCCCCCC1. The van der Waals surface area contributed by atoms with E-state index in [-0.39, 0.29) is 35.9 Å². The molecule has 0 radical (unpaired) electrons. The van der Waals surface area contributed by atoms with Gasteiger partial charge < -0.3 is 9.64 Å². The van der Waals surface area contributed by atoms with Crippen molar-refractivity contribution in [3.05, 3.63) is 24.3 Å². The summed E-state index contributed by atoms with van der Waals surface area (Å²) in [6, 6.07) is 4.64. The zero-order valence-corrected chi connectivity index (χ0v) is 19.1. The quantitative estimate of drug-likeness (QED) is 0.625. The monoisotopic (exact) mass is 476 g/mol. The molecule has 1 saturated heterocycles. The molecule has 3 rings (SSSR count). The highest BCUT2D eigenvalue weighted by molar-refractivity contribution is 7.89. The van der Waals surface area contributed by atoms with E-state index in [0.29, 0.717) is 12.8 Å². The molecule has 180 valence electrons. The lowest BCUT2D eigenvalue weighted by Crippen LogP contribution is -2.46. The fourth-order valence-electron chi connectivity index (χ4n) is 4.61. The van der Waals surface area contributed by atoms with Crippen molar-refractivity contribution in [1.29, 1.82) is 0 Å². The lowest BCUT2D eigenvalue weighted by molar-refractivity contribution is -0.274. The Hall–Kier alpha value is -1.81. The van der Waals surface area contributed by atoms with E-state index in [1.807, 2.05) is 11.9 Å². The summed E-state index contributed by atoms with van der Waals surface area (Å²) >= 11 is 0. The van der Waals surface area contributed by atoms with Gasteiger partial charge in [-0.05, 0) is 37.8 Å². The van der Waals surface area contributed by atoms with Gasteiger partial charge in [0, 0.05) is 38.2 Å². The molecular weight excluding hydrogens is 445 g/mol. The van der Waals surface area contributed by atoms with Crippen molar-refractivity contribution in [1.82, 2.24) is 9.21 Å². The van der Waals surface area contributed by atoms with Crippen molar-refractivity contribution in [2.75, 3.05) is 20.1 Å². The van der Waals surface area contributed by atoms with Crippen LogP contribution >= 0.6 is 0 Å². The average molecular weight is 477 g/mol. The molecule has 0 bridgehead atoms. The third-order valence-electron chi connectivity index (χ3n) is 6.45. The highest BCUT2D eigenvalue weighted by Crippen LogP contribution is 2.30. The van der Waals surface area contributed by atoms with Gasteiger partial charge in [0.25, 0.3) is 0 Å². The molecule has 0 spiro atoms. The molecule has 1 aliphatic heterocycles. The number of carbonyl (C=O) groups excluding carboxylic acids is 1. The number of rotatable bonds is 5. The van der Waals surface area contributed by atoms with E-state index in [0.717, 1.165) is 37.8 Å².